The number of halogens is 1. The van der Waals surface area contributed by atoms with E-state index >= 15 is 0 Å². The number of aliphatic carboxylic acids is 1. The van der Waals surface area contributed by atoms with Gasteiger partial charge in [-0.05, 0) is 29.4 Å². The topological polar surface area (TPSA) is 113 Å². The monoisotopic (exact) mass is 507 g/mol. The van der Waals surface area contributed by atoms with Crippen LogP contribution < -0.4 is 47.7 Å². The molecule has 3 aromatic rings. The predicted molar refractivity (Wildman–Crippen MR) is 129 cm³/mol. The van der Waals surface area contributed by atoms with E-state index in [4.69, 9.17) is 4.98 Å². The number of rotatable bonds is 6. The number of carbonyl (C=O) groups excluding carboxylic acids is 1. The number of hydrogen-bond acceptors (Lipinski definition) is 6. The van der Waals surface area contributed by atoms with Crippen molar-refractivity contribution in [1.29, 1.82) is 0 Å². The second kappa shape index (κ2) is 13.6. The van der Waals surface area contributed by atoms with Gasteiger partial charge in [-0.15, -0.1) is 0 Å². The molecule has 37 heavy (non-hydrogen) atoms. The summed E-state index contributed by atoms with van der Waals surface area (Å²) in [6.07, 6.45) is -3.26. The number of pyridine rings is 1. The number of carbonyl (C=O) groups is 1. The predicted octanol–water partition coefficient (Wildman–Crippen LogP) is -2.69. The van der Waals surface area contributed by atoms with E-state index in [1.54, 1.807) is 18.2 Å². The molecular formula is C27H25FLi2NO5P. The number of carboxylic acids is 1. The molecule has 0 fully saturated rings. The fourth-order valence-electron chi connectivity index (χ4n) is 3.55. The molecule has 0 bridgehead atoms. The molecule has 2 aromatic carbocycles. The molecule has 0 saturated heterocycles. The first-order valence-corrected chi connectivity index (χ1v) is 12.7. The molecular weight excluding hydrogens is 482 g/mol. The zero-order valence-electron chi connectivity index (χ0n) is 21.6. The van der Waals surface area contributed by atoms with E-state index in [1.807, 2.05) is 51.1 Å². The first-order chi connectivity index (χ1) is 16.4. The maximum Gasteiger partial charge on any atom is 1.00 e. The first kappa shape index (κ1) is 32.9. The first-order valence-electron chi connectivity index (χ1n) is 10.9. The van der Waals surface area contributed by atoms with Crippen molar-refractivity contribution in [2.75, 3.05) is 6.16 Å². The van der Waals surface area contributed by atoms with Gasteiger partial charge in [0.25, 0.3) is 0 Å². The van der Waals surface area contributed by atoms with Crippen molar-refractivity contribution in [3.63, 3.8) is 0 Å². The summed E-state index contributed by atoms with van der Waals surface area (Å²) >= 11 is 0. The van der Waals surface area contributed by atoms with Crippen LogP contribution >= 0.6 is 7.37 Å². The summed E-state index contributed by atoms with van der Waals surface area (Å²) < 4.78 is 26.2. The normalized spacial score (nSPS) is 13.1. The van der Waals surface area contributed by atoms with Crippen LogP contribution in [0.4, 0.5) is 4.39 Å². The maximum absolute atomic E-state index is 13.6. The van der Waals surface area contributed by atoms with E-state index in [0.29, 0.717) is 28.1 Å². The SMILES string of the molecule is CC(C)(C)c1nc(-c2ccccc2)cc(-c2ccc(F)cc2)c1C#CP(=O)([O-])C[C@H](O)CC(=O)[O-].[Li+].[Li+]. The number of aliphatic hydroxyl groups excluding tert-OH is 1. The van der Waals surface area contributed by atoms with Crippen molar-refractivity contribution >= 4 is 13.3 Å². The number of aliphatic hydroxyl groups is 1. The zero-order chi connectivity index (χ0) is 25.8. The summed E-state index contributed by atoms with van der Waals surface area (Å²) in [5, 5.41) is 20.4. The summed E-state index contributed by atoms with van der Waals surface area (Å²) in [6.45, 7) is 5.76. The van der Waals surface area contributed by atoms with Crippen LogP contribution in [0.5, 0.6) is 0 Å². The van der Waals surface area contributed by atoms with Crippen LogP contribution in [-0.4, -0.2) is 28.3 Å². The number of carboxylic acid groups (broad SMARTS) is 1. The van der Waals surface area contributed by atoms with Crippen LogP contribution in [0.15, 0.2) is 60.7 Å². The van der Waals surface area contributed by atoms with Gasteiger partial charge in [0.1, 0.15) is 5.82 Å². The molecule has 1 N–H and O–H groups in total. The molecule has 2 atom stereocenters. The molecule has 182 valence electrons. The van der Waals surface area contributed by atoms with Crippen LogP contribution in [0.3, 0.4) is 0 Å². The Kier molecular flexibility index (Phi) is 12.1. The number of hydrogen-bond donors (Lipinski definition) is 1. The van der Waals surface area contributed by atoms with Crippen molar-refractivity contribution in [3.8, 4) is 34.0 Å². The minimum Gasteiger partial charge on any atom is -0.790 e. The summed E-state index contributed by atoms with van der Waals surface area (Å²) in [7, 11) is -4.47. The summed E-state index contributed by atoms with van der Waals surface area (Å²) in [6, 6.07) is 17.0. The van der Waals surface area contributed by atoms with E-state index in [-0.39, 0.29) is 37.7 Å². The number of aromatic nitrogens is 1. The summed E-state index contributed by atoms with van der Waals surface area (Å²) in [5.74, 6) is 0.751. The molecule has 0 saturated carbocycles. The Labute approximate surface area is 240 Å². The smallest absolute Gasteiger partial charge is 0.790 e. The molecule has 1 aromatic heterocycles. The average molecular weight is 507 g/mol. The third-order valence-corrected chi connectivity index (χ3v) is 6.51. The Morgan fingerprint density at radius 1 is 1.08 bits per heavy atom. The molecule has 0 radical (unpaired) electrons. The van der Waals surface area contributed by atoms with Crippen LogP contribution in [0.1, 0.15) is 38.4 Å². The molecule has 0 aliphatic rings. The van der Waals surface area contributed by atoms with E-state index in [2.05, 4.69) is 11.6 Å². The molecule has 1 heterocycles. The van der Waals surface area contributed by atoms with Crippen LogP contribution in [0.25, 0.3) is 22.4 Å². The summed E-state index contributed by atoms with van der Waals surface area (Å²) in [4.78, 5) is 28.0. The van der Waals surface area contributed by atoms with Gasteiger partial charge in [-0.1, -0.05) is 69.2 Å². The second-order valence-electron chi connectivity index (χ2n) is 9.22. The van der Waals surface area contributed by atoms with E-state index in [9.17, 15) is 28.9 Å². The van der Waals surface area contributed by atoms with Crippen molar-refractivity contribution < 1.29 is 66.6 Å². The molecule has 0 spiro atoms. The van der Waals surface area contributed by atoms with Gasteiger partial charge in [0.05, 0.1) is 30.4 Å². The van der Waals surface area contributed by atoms with Crippen molar-refractivity contribution in [3.05, 3.63) is 77.7 Å². The van der Waals surface area contributed by atoms with Gasteiger partial charge in [0.2, 0.25) is 0 Å². The Morgan fingerprint density at radius 2 is 1.68 bits per heavy atom. The average Bonchev–Trinajstić information content (AvgIpc) is 2.77. The molecule has 0 aliphatic carbocycles. The fraction of sp³-hybridized carbons (Fsp3) is 0.259. The van der Waals surface area contributed by atoms with Gasteiger partial charge in [-0.25, -0.2) is 4.39 Å². The van der Waals surface area contributed by atoms with E-state index < -0.39 is 43.3 Å². The molecule has 0 amide bonds. The van der Waals surface area contributed by atoms with Crippen LogP contribution in [0, 0.1) is 17.4 Å². The third kappa shape index (κ3) is 9.30. The molecule has 3 rings (SSSR count). The Bertz CT molecular complexity index is 1330. The Balaban J connectivity index is 0.00000342. The minimum atomic E-state index is -4.47. The zero-order valence-corrected chi connectivity index (χ0v) is 22.5. The number of nitrogens with zero attached hydrogens (tertiary/aromatic N) is 1. The van der Waals surface area contributed by atoms with Crippen molar-refractivity contribution in [2.45, 2.75) is 38.7 Å². The largest absolute Gasteiger partial charge is 1.00 e. The van der Waals surface area contributed by atoms with E-state index in [1.165, 1.54) is 12.1 Å². The third-order valence-electron chi connectivity index (χ3n) is 5.16. The van der Waals surface area contributed by atoms with Crippen LogP contribution in [0.2, 0.25) is 0 Å². The molecule has 6 nitrogen and oxygen atoms in total. The second-order valence-corrected chi connectivity index (χ2v) is 11.2. The van der Waals surface area contributed by atoms with Crippen molar-refractivity contribution in [1.82, 2.24) is 4.98 Å². The van der Waals surface area contributed by atoms with Gasteiger partial charge in [-0.3, -0.25) is 4.98 Å². The minimum absolute atomic E-state index is 0. The standard InChI is InChI=1S/C27H27FNO5P.2Li/c1-27(2,3)26-22(13-14-35(33,34)17-21(30)15-25(31)32)23(18-9-11-20(28)12-10-18)16-24(29-26)19-7-5-4-6-8-19;;/h4-12,16,21,30H,15,17H2,1-3H3,(H,31,32)(H,33,34);;/q;2*+1/p-2/t21-;;/m1../s1. The Hall–Kier alpha value is -2.11. The van der Waals surface area contributed by atoms with Gasteiger partial charge in [0, 0.05) is 35.1 Å². The van der Waals surface area contributed by atoms with Gasteiger partial charge < -0.3 is 24.5 Å². The molecule has 0 aliphatic heterocycles. The molecule has 1 unspecified atom stereocenters. The Morgan fingerprint density at radius 3 is 2.22 bits per heavy atom. The number of benzene rings is 2. The van der Waals surface area contributed by atoms with Gasteiger partial charge >= 0.3 is 37.7 Å². The van der Waals surface area contributed by atoms with Gasteiger partial charge in [0.15, 0.2) is 0 Å². The summed E-state index contributed by atoms with van der Waals surface area (Å²) in [5.41, 5.74) is 5.29. The molecule has 10 heteroatoms. The van der Waals surface area contributed by atoms with Crippen molar-refractivity contribution in [2.24, 2.45) is 0 Å². The fourth-order valence-corrected chi connectivity index (χ4v) is 4.61. The van der Waals surface area contributed by atoms with E-state index in [0.717, 1.165) is 5.56 Å². The van der Waals surface area contributed by atoms with Gasteiger partial charge in [-0.2, -0.15) is 0 Å². The van der Waals surface area contributed by atoms with Crippen LogP contribution in [-0.2, 0) is 14.8 Å². The maximum atomic E-state index is 13.6. The quantitative estimate of drug-likeness (QED) is 0.221.